The number of aliphatic hydroxyl groups excluding tert-OH is 2. The zero-order chi connectivity index (χ0) is 21.3. The van der Waals surface area contributed by atoms with Gasteiger partial charge >= 0.3 is 0 Å². The second-order valence-corrected chi connectivity index (χ2v) is 9.00. The number of carbonyl (C=O) groups is 1. The number of rotatable bonds is 11. The number of aryl methyl sites for hydroxylation is 1. The van der Waals surface area contributed by atoms with Gasteiger partial charge in [0.25, 0.3) is 5.91 Å². The van der Waals surface area contributed by atoms with Crippen molar-refractivity contribution < 1.29 is 15.0 Å². The number of aliphatic hydroxyl groups is 2. The summed E-state index contributed by atoms with van der Waals surface area (Å²) in [6.07, 6.45) is 3.39. The Morgan fingerprint density at radius 3 is 2.73 bits per heavy atom. The van der Waals surface area contributed by atoms with Crippen molar-refractivity contribution in [2.75, 3.05) is 23.8 Å². The molecule has 6 nitrogen and oxygen atoms in total. The molecule has 0 saturated heterocycles. The lowest BCUT2D eigenvalue weighted by molar-refractivity contribution is 0.103. The molecule has 160 valence electrons. The van der Waals surface area contributed by atoms with Crippen LogP contribution in [0.15, 0.2) is 41.8 Å². The summed E-state index contributed by atoms with van der Waals surface area (Å²) in [5.41, 5.74) is 3.04. The van der Waals surface area contributed by atoms with Crippen molar-refractivity contribution in [3.8, 4) is 0 Å². The van der Waals surface area contributed by atoms with Crippen molar-refractivity contribution >= 4 is 39.4 Å². The molecule has 1 aromatic carbocycles. The Kier molecular flexibility index (Phi) is 8.39. The van der Waals surface area contributed by atoms with E-state index in [9.17, 15) is 15.0 Å². The normalized spacial score (nSPS) is 11.1. The van der Waals surface area contributed by atoms with Crippen molar-refractivity contribution in [1.82, 2.24) is 4.98 Å². The third-order valence-electron chi connectivity index (χ3n) is 4.76. The summed E-state index contributed by atoms with van der Waals surface area (Å²) in [5, 5.41) is 27.0. The molecule has 0 radical (unpaired) electrons. The summed E-state index contributed by atoms with van der Waals surface area (Å²) < 4.78 is 0. The molecule has 1 amide bonds. The Morgan fingerprint density at radius 1 is 1.17 bits per heavy atom. The molecule has 30 heavy (non-hydrogen) atoms. The van der Waals surface area contributed by atoms with Gasteiger partial charge in [0.05, 0.1) is 23.8 Å². The van der Waals surface area contributed by atoms with Gasteiger partial charge in [-0.05, 0) is 36.6 Å². The first-order valence-electron chi connectivity index (χ1n) is 10.0. The Bertz CT molecular complexity index is 951. The molecule has 2 aromatic heterocycles. The van der Waals surface area contributed by atoms with Crippen LogP contribution in [-0.4, -0.2) is 34.3 Å². The number of nitrogens with one attached hydrogen (secondary N) is 2. The number of para-hydroxylation sites is 1. The van der Waals surface area contributed by atoms with Gasteiger partial charge in [0.1, 0.15) is 0 Å². The van der Waals surface area contributed by atoms with Crippen LogP contribution < -0.4 is 10.6 Å². The number of aromatic nitrogens is 1. The molecule has 0 unspecified atom stereocenters. The highest BCUT2D eigenvalue weighted by Gasteiger charge is 2.16. The molecule has 0 saturated carbocycles. The van der Waals surface area contributed by atoms with E-state index in [-0.39, 0.29) is 19.1 Å². The number of thiazole rings is 1. The predicted octanol–water partition coefficient (Wildman–Crippen LogP) is 4.48. The fourth-order valence-electron chi connectivity index (χ4n) is 2.99. The standard InChI is InChI=1S/C22H27N3O3S2/c1-2-3-6-15-7-4-5-8-18(15)23-11-17-9-10-20(30-17)21(28)25-22-24-19(14-29-22)16(12-26)13-27/h4-5,7-10,14,16,23,26-27H,2-3,6,11-13H2,1H3,(H,24,25,28). The highest BCUT2D eigenvalue weighted by Crippen LogP contribution is 2.25. The highest BCUT2D eigenvalue weighted by atomic mass is 32.1. The SMILES string of the molecule is CCCCc1ccccc1NCc1ccc(C(=O)Nc2nc(C(CO)CO)cs2)s1. The Morgan fingerprint density at radius 2 is 1.97 bits per heavy atom. The third kappa shape index (κ3) is 5.89. The van der Waals surface area contributed by atoms with Crippen LogP contribution in [-0.2, 0) is 13.0 Å². The summed E-state index contributed by atoms with van der Waals surface area (Å²) in [6.45, 7) is 2.49. The van der Waals surface area contributed by atoms with Gasteiger partial charge in [0.2, 0.25) is 0 Å². The molecule has 3 aromatic rings. The number of benzene rings is 1. The number of anilines is 2. The molecule has 0 aliphatic rings. The maximum atomic E-state index is 12.5. The quantitative estimate of drug-likeness (QED) is 0.349. The minimum absolute atomic E-state index is 0.184. The van der Waals surface area contributed by atoms with E-state index in [0.29, 0.717) is 22.2 Å². The fourth-order valence-corrected chi connectivity index (χ4v) is 4.62. The van der Waals surface area contributed by atoms with Gasteiger partial charge in [0.15, 0.2) is 5.13 Å². The van der Waals surface area contributed by atoms with E-state index in [1.54, 1.807) is 5.38 Å². The number of hydrogen-bond donors (Lipinski definition) is 4. The summed E-state index contributed by atoms with van der Waals surface area (Å²) in [5.74, 6) is -0.633. The van der Waals surface area contributed by atoms with Gasteiger partial charge in [0, 0.05) is 28.4 Å². The zero-order valence-corrected chi connectivity index (χ0v) is 18.6. The first-order chi connectivity index (χ1) is 14.6. The number of thiophene rings is 1. The number of unbranched alkanes of at least 4 members (excludes halogenated alkanes) is 1. The molecule has 2 heterocycles. The first kappa shape index (κ1) is 22.4. The zero-order valence-electron chi connectivity index (χ0n) is 16.9. The molecule has 0 bridgehead atoms. The maximum Gasteiger partial charge on any atom is 0.267 e. The van der Waals surface area contributed by atoms with E-state index in [1.807, 2.05) is 18.2 Å². The van der Waals surface area contributed by atoms with Crippen LogP contribution in [0.5, 0.6) is 0 Å². The molecule has 4 N–H and O–H groups in total. The number of hydrogen-bond acceptors (Lipinski definition) is 7. The third-order valence-corrected chi connectivity index (χ3v) is 6.62. The summed E-state index contributed by atoms with van der Waals surface area (Å²) in [6, 6.07) is 12.1. The predicted molar refractivity (Wildman–Crippen MR) is 124 cm³/mol. The lowest BCUT2D eigenvalue weighted by Crippen LogP contribution is -2.12. The minimum Gasteiger partial charge on any atom is -0.396 e. The first-order valence-corrected chi connectivity index (χ1v) is 11.7. The molecule has 0 aliphatic heterocycles. The van der Waals surface area contributed by atoms with E-state index in [0.717, 1.165) is 23.4 Å². The Hall–Kier alpha value is -2.26. The van der Waals surface area contributed by atoms with E-state index in [4.69, 9.17) is 0 Å². The second-order valence-electron chi connectivity index (χ2n) is 6.97. The lowest BCUT2D eigenvalue weighted by Gasteiger charge is -2.11. The second kappa shape index (κ2) is 11.2. The molecular weight excluding hydrogens is 418 g/mol. The number of carbonyl (C=O) groups excluding carboxylic acids is 1. The van der Waals surface area contributed by atoms with Crippen LogP contribution in [0.4, 0.5) is 10.8 Å². The highest BCUT2D eigenvalue weighted by molar-refractivity contribution is 7.15. The van der Waals surface area contributed by atoms with E-state index < -0.39 is 5.92 Å². The smallest absolute Gasteiger partial charge is 0.267 e. The monoisotopic (exact) mass is 445 g/mol. The van der Waals surface area contributed by atoms with E-state index in [2.05, 4.69) is 40.7 Å². The summed E-state index contributed by atoms with van der Waals surface area (Å²) >= 11 is 2.73. The minimum atomic E-state index is -0.425. The van der Waals surface area contributed by atoms with Crippen LogP contribution >= 0.6 is 22.7 Å². The molecule has 0 fully saturated rings. The Balaban J connectivity index is 1.58. The summed E-state index contributed by atoms with van der Waals surface area (Å²) in [4.78, 5) is 18.5. The Labute approximate surface area is 184 Å². The van der Waals surface area contributed by atoms with Crippen molar-refractivity contribution in [2.24, 2.45) is 0 Å². The number of amides is 1. The maximum absolute atomic E-state index is 12.5. The van der Waals surface area contributed by atoms with Crippen molar-refractivity contribution in [2.45, 2.75) is 38.6 Å². The summed E-state index contributed by atoms with van der Waals surface area (Å²) in [7, 11) is 0. The molecular formula is C22H27N3O3S2. The van der Waals surface area contributed by atoms with E-state index >= 15 is 0 Å². The van der Waals surface area contributed by atoms with Crippen molar-refractivity contribution in [3.05, 3.63) is 62.8 Å². The molecule has 3 rings (SSSR count). The number of nitrogens with zero attached hydrogens (tertiary/aromatic N) is 1. The van der Waals surface area contributed by atoms with Gasteiger partial charge in [-0.1, -0.05) is 31.5 Å². The molecule has 0 aliphatic carbocycles. The molecule has 8 heteroatoms. The van der Waals surface area contributed by atoms with Gasteiger partial charge in [-0.3, -0.25) is 10.1 Å². The lowest BCUT2D eigenvalue weighted by atomic mass is 10.1. The fraction of sp³-hybridized carbons (Fsp3) is 0.364. The van der Waals surface area contributed by atoms with Gasteiger partial charge in [-0.2, -0.15) is 0 Å². The van der Waals surface area contributed by atoms with Gasteiger partial charge in [-0.15, -0.1) is 22.7 Å². The van der Waals surface area contributed by atoms with Crippen molar-refractivity contribution in [1.29, 1.82) is 0 Å². The van der Waals surface area contributed by atoms with Gasteiger partial charge < -0.3 is 15.5 Å². The largest absolute Gasteiger partial charge is 0.396 e. The van der Waals surface area contributed by atoms with Crippen molar-refractivity contribution in [3.63, 3.8) is 0 Å². The van der Waals surface area contributed by atoms with Crippen LogP contribution in [0.1, 0.15) is 51.5 Å². The van der Waals surface area contributed by atoms with Crippen LogP contribution in [0.3, 0.4) is 0 Å². The molecule has 0 spiro atoms. The average Bonchev–Trinajstić information content (AvgIpc) is 3.42. The van der Waals surface area contributed by atoms with Crippen LogP contribution in [0.2, 0.25) is 0 Å². The molecule has 0 atom stereocenters. The van der Waals surface area contributed by atoms with Crippen LogP contribution in [0, 0.1) is 0 Å². The van der Waals surface area contributed by atoms with E-state index in [1.165, 1.54) is 34.7 Å². The van der Waals surface area contributed by atoms with Crippen LogP contribution in [0.25, 0.3) is 0 Å². The topological polar surface area (TPSA) is 94.5 Å². The average molecular weight is 446 g/mol. The van der Waals surface area contributed by atoms with Gasteiger partial charge in [-0.25, -0.2) is 4.98 Å².